The number of aromatic nitrogens is 5. The van der Waals surface area contributed by atoms with Gasteiger partial charge in [-0.3, -0.25) is 9.67 Å². The maximum absolute atomic E-state index is 11.5. The first-order valence-electron chi connectivity index (χ1n) is 8.94. The van der Waals surface area contributed by atoms with Gasteiger partial charge in [0.2, 0.25) is 0 Å². The number of benzene rings is 1. The predicted octanol–water partition coefficient (Wildman–Crippen LogP) is 3.51. The zero-order chi connectivity index (χ0) is 21.3. The van der Waals surface area contributed by atoms with Crippen molar-refractivity contribution in [2.75, 3.05) is 12.8 Å². The molecule has 3 heterocycles. The van der Waals surface area contributed by atoms with E-state index in [1.54, 1.807) is 23.1 Å². The highest BCUT2D eigenvalue weighted by molar-refractivity contribution is 6.35. The van der Waals surface area contributed by atoms with Gasteiger partial charge in [-0.2, -0.15) is 5.10 Å². The molecule has 0 amide bonds. The molecule has 0 aliphatic rings. The van der Waals surface area contributed by atoms with Crippen LogP contribution in [-0.4, -0.2) is 37.8 Å². The zero-order valence-corrected chi connectivity index (χ0v) is 17.0. The normalized spacial score (nSPS) is 11.3. The fourth-order valence-electron chi connectivity index (χ4n) is 3.00. The molecule has 0 aliphatic carbocycles. The van der Waals surface area contributed by atoms with Gasteiger partial charge >= 0.3 is 5.97 Å². The number of fused-ring (bicyclic) bond motifs is 1. The first-order chi connectivity index (χ1) is 14.5. The zero-order valence-electron chi connectivity index (χ0n) is 16.2. The summed E-state index contributed by atoms with van der Waals surface area (Å²) in [4.78, 5) is 25.0. The van der Waals surface area contributed by atoms with Crippen molar-refractivity contribution < 1.29 is 9.53 Å². The third kappa shape index (κ3) is 3.72. The van der Waals surface area contributed by atoms with Crippen LogP contribution in [0, 0.1) is 0 Å². The standard InChI is InChI=1S/C21H17ClN6O2/c1-28-9-7-15(27-28)20-19(25-16(21(23)26-20)5-6-17(29)30-2)13-10-12-4-3-8-24-18(12)14(22)11-13/h3-11H,1-2H3,(H2,23,26). The number of carbonyl (C=O) groups excluding carboxylic acids is 1. The molecule has 0 atom stereocenters. The maximum Gasteiger partial charge on any atom is 0.330 e. The Morgan fingerprint density at radius 1 is 1.23 bits per heavy atom. The molecule has 0 aliphatic heterocycles. The largest absolute Gasteiger partial charge is 0.466 e. The molecule has 0 saturated heterocycles. The van der Waals surface area contributed by atoms with Crippen LogP contribution in [0.15, 0.2) is 48.8 Å². The van der Waals surface area contributed by atoms with Crippen molar-refractivity contribution >= 4 is 40.4 Å². The van der Waals surface area contributed by atoms with E-state index < -0.39 is 5.97 Å². The van der Waals surface area contributed by atoms with E-state index >= 15 is 0 Å². The number of anilines is 1. The van der Waals surface area contributed by atoms with Gasteiger partial charge in [-0.15, -0.1) is 0 Å². The second-order valence-electron chi connectivity index (χ2n) is 6.46. The van der Waals surface area contributed by atoms with Crippen LogP contribution in [0.3, 0.4) is 0 Å². The number of carbonyl (C=O) groups is 1. The Kier molecular flexibility index (Phi) is 5.16. The van der Waals surface area contributed by atoms with Crippen LogP contribution in [0.5, 0.6) is 0 Å². The number of ether oxygens (including phenoxy) is 1. The Balaban J connectivity index is 1.96. The van der Waals surface area contributed by atoms with Crippen molar-refractivity contribution in [1.29, 1.82) is 0 Å². The molecule has 0 saturated carbocycles. The molecule has 4 rings (SSSR count). The van der Waals surface area contributed by atoms with E-state index in [4.69, 9.17) is 17.3 Å². The number of aryl methyl sites for hydroxylation is 1. The number of hydrogen-bond donors (Lipinski definition) is 1. The number of halogens is 1. The number of nitrogen functional groups attached to an aromatic ring is 1. The van der Waals surface area contributed by atoms with Gasteiger partial charge < -0.3 is 10.5 Å². The number of esters is 1. The van der Waals surface area contributed by atoms with Crippen molar-refractivity contribution in [3.05, 3.63) is 59.5 Å². The second-order valence-corrected chi connectivity index (χ2v) is 6.86. The highest BCUT2D eigenvalue weighted by Crippen LogP contribution is 2.34. The van der Waals surface area contributed by atoms with Gasteiger partial charge in [0.05, 0.1) is 23.3 Å². The van der Waals surface area contributed by atoms with Crippen LogP contribution in [0.1, 0.15) is 5.69 Å². The van der Waals surface area contributed by atoms with Gasteiger partial charge in [0.15, 0.2) is 0 Å². The molecule has 0 spiro atoms. The fourth-order valence-corrected chi connectivity index (χ4v) is 3.28. The Morgan fingerprint density at radius 3 is 2.80 bits per heavy atom. The molecule has 8 nitrogen and oxygen atoms in total. The molecule has 3 aromatic heterocycles. The minimum Gasteiger partial charge on any atom is -0.466 e. The van der Waals surface area contributed by atoms with Crippen molar-refractivity contribution in [3.63, 3.8) is 0 Å². The number of nitrogens with zero attached hydrogens (tertiary/aromatic N) is 5. The lowest BCUT2D eigenvalue weighted by Crippen LogP contribution is -2.04. The summed E-state index contributed by atoms with van der Waals surface area (Å²) >= 11 is 6.48. The topological polar surface area (TPSA) is 109 Å². The van der Waals surface area contributed by atoms with Gasteiger partial charge in [0, 0.05) is 36.5 Å². The average Bonchev–Trinajstić information content (AvgIpc) is 3.18. The molecule has 1 aromatic carbocycles. The molecule has 2 N–H and O–H groups in total. The summed E-state index contributed by atoms with van der Waals surface area (Å²) < 4.78 is 6.30. The Morgan fingerprint density at radius 2 is 2.07 bits per heavy atom. The van der Waals surface area contributed by atoms with Crippen LogP contribution in [0.25, 0.3) is 39.6 Å². The monoisotopic (exact) mass is 420 g/mol. The fraction of sp³-hybridized carbons (Fsp3) is 0.0952. The summed E-state index contributed by atoms with van der Waals surface area (Å²) in [6.45, 7) is 0. The molecule has 0 unspecified atom stereocenters. The van der Waals surface area contributed by atoms with Crippen molar-refractivity contribution in [2.24, 2.45) is 7.05 Å². The molecule has 150 valence electrons. The minimum absolute atomic E-state index is 0.160. The number of pyridine rings is 1. The highest BCUT2D eigenvalue weighted by Gasteiger charge is 2.18. The number of hydrogen-bond acceptors (Lipinski definition) is 7. The van der Waals surface area contributed by atoms with E-state index in [1.807, 2.05) is 31.3 Å². The summed E-state index contributed by atoms with van der Waals surface area (Å²) in [6, 6.07) is 9.27. The van der Waals surface area contributed by atoms with Crippen LogP contribution in [-0.2, 0) is 16.6 Å². The quantitative estimate of drug-likeness (QED) is 0.397. The van der Waals surface area contributed by atoms with Gasteiger partial charge in [0.25, 0.3) is 0 Å². The average molecular weight is 421 g/mol. The molecule has 4 aromatic rings. The van der Waals surface area contributed by atoms with Gasteiger partial charge in [-0.25, -0.2) is 14.8 Å². The lowest BCUT2D eigenvalue weighted by molar-refractivity contribution is -0.134. The van der Waals surface area contributed by atoms with E-state index in [1.165, 1.54) is 19.3 Å². The Bertz CT molecular complexity index is 1300. The van der Waals surface area contributed by atoms with E-state index in [0.29, 0.717) is 33.3 Å². The smallest absolute Gasteiger partial charge is 0.330 e. The Labute approximate surface area is 177 Å². The lowest BCUT2D eigenvalue weighted by atomic mass is 10.0. The predicted molar refractivity (Wildman–Crippen MR) is 115 cm³/mol. The third-order valence-electron chi connectivity index (χ3n) is 4.42. The number of rotatable bonds is 4. The van der Waals surface area contributed by atoms with E-state index in [-0.39, 0.29) is 5.82 Å². The van der Waals surface area contributed by atoms with E-state index in [2.05, 4.69) is 24.8 Å². The summed E-state index contributed by atoms with van der Waals surface area (Å²) in [6.07, 6.45) is 6.19. The van der Waals surface area contributed by atoms with Crippen molar-refractivity contribution in [1.82, 2.24) is 24.7 Å². The SMILES string of the molecule is COC(=O)C=Cc1nc(-c2cc(Cl)c3ncccc3c2)c(-c2ccn(C)n2)nc1N. The van der Waals surface area contributed by atoms with Gasteiger partial charge in [0.1, 0.15) is 22.9 Å². The highest BCUT2D eigenvalue weighted by atomic mass is 35.5. The first-order valence-corrected chi connectivity index (χ1v) is 9.32. The van der Waals surface area contributed by atoms with Crippen molar-refractivity contribution in [2.45, 2.75) is 0 Å². The van der Waals surface area contributed by atoms with Gasteiger partial charge in [-0.1, -0.05) is 17.7 Å². The molecule has 0 fully saturated rings. The summed E-state index contributed by atoms with van der Waals surface area (Å²) in [5.41, 5.74) is 9.50. The molecular weight excluding hydrogens is 404 g/mol. The summed E-state index contributed by atoms with van der Waals surface area (Å²) in [5, 5.41) is 5.78. The number of methoxy groups -OCH3 is 1. The van der Waals surface area contributed by atoms with Crippen LogP contribution >= 0.6 is 11.6 Å². The summed E-state index contributed by atoms with van der Waals surface area (Å²) in [5.74, 6) is -0.362. The molecule has 9 heteroatoms. The van der Waals surface area contributed by atoms with Crippen molar-refractivity contribution in [3.8, 4) is 22.6 Å². The molecule has 30 heavy (non-hydrogen) atoms. The second kappa shape index (κ2) is 7.92. The van der Waals surface area contributed by atoms with Crippen LogP contribution in [0.2, 0.25) is 5.02 Å². The van der Waals surface area contributed by atoms with E-state index in [0.717, 1.165) is 10.9 Å². The molecule has 0 bridgehead atoms. The maximum atomic E-state index is 11.5. The van der Waals surface area contributed by atoms with E-state index in [9.17, 15) is 4.79 Å². The third-order valence-corrected chi connectivity index (χ3v) is 4.71. The lowest BCUT2D eigenvalue weighted by Gasteiger charge is -2.11. The Hall–Kier alpha value is -3.78. The first kappa shape index (κ1) is 19.5. The number of nitrogens with two attached hydrogens (primary N) is 1. The minimum atomic E-state index is -0.522. The van der Waals surface area contributed by atoms with Crippen LogP contribution < -0.4 is 5.73 Å². The molecule has 0 radical (unpaired) electrons. The van der Waals surface area contributed by atoms with Crippen LogP contribution in [0.4, 0.5) is 5.82 Å². The molecular formula is C21H17ClN6O2. The summed E-state index contributed by atoms with van der Waals surface area (Å²) in [7, 11) is 3.11. The van der Waals surface area contributed by atoms with Gasteiger partial charge in [-0.05, 0) is 30.3 Å².